The number of ether oxygens (including phenoxy) is 1. The van der Waals surface area contributed by atoms with E-state index in [0.717, 1.165) is 25.7 Å². The average molecular weight is 243 g/mol. The molecule has 1 saturated carbocycles. The second-order valence-electron chi connectivity index (χ2n) is 5.27. The zero-order valence-corrected chi connectivity index (χ0v) is 11.2. The SMILES string of the molecule is CCOCC(C)NC1(C(=O)O)CCC(C)CC1. The summed E-state index contributed by atoms with van der Waals surface area (Å²) in [7, 11) is 0. The number of hydrogen-bond acceptors (Lipinski definition) is 3. The molecule has 1 aliphatic carbocycles. The van der Waals surface area contributed by atoms with Gasteiger partial charge in [0.05, 0.1) is 6.61 Å². The Balaban J connectivity index is 2.56. The van der Waals surface area contributed by atoms with Gasteiger partial charge in [-0.2, -0.15) is 0 Å². The summed E-state index contributed by atoms with van der Waals surface area (Å²) in [6, 6.07) is 0.0828. The molecular formula is C13H25NO3. The van der Waals surface area contributed by atoms with E-state index < -0.39 is 11.5 Å². The number of carboxylic acids is 1. The number of aliphatic carboxylic acids is 1. The van der Waals surface area contributed by atoms with Gasteiger partial charge in [-0.15, -0.1) is 0 Å². The van der Waals surface area contributed by atoms with Gasteiger partial charge in [0.1, 0.15) is 5.54 Å². The molecule has 0 aliphatic heterocycles. The first kappa shape index (κ1) is 14.5. The molecule has 0 aromatic heterocycles. The van der Waals surface area contributed by atoms with Crippen LogP contribution < -0.4 is 5.32 Å². The molecule has 0 radical (unpaired) electrons. The molecule has 0 heterocycles. The highest BCUT2D eigenvalue weighted by Crippen LogP contribution is 2.32. The Hall–Kier alpha value is -0.610. The van der Waals surface area contributed by atoms with Gasteiger partial charge in [-0.25, -0.2) is 0 Å². The summed E-state index contributed by atoms with van der Waals surface area (Å²) < 4.78 is 5.33. The molecule has 100 valence electrons. The van der Waals surface area contributed by atoms with E-state index in [1.54, 1.807) is 0 Å². The van der Waals surface area contributed by atoms with E-state index in [1.165, 1.54) is 0 Å². The average Bonchev–Trinajstić information content (AvgIpc) is 2.29. The van der Waals surface area contributed by atoms with Crippen LogP contribution in [0, 0.1) is 5.92 Å². The standard InChI is InChI=1S/C13H25NO3/c1-4-17-9-11(3)14-13(12(15)16)7-5-10(2)6-8-13/h10-11,14H,4-9H2,1-3H3,(H,15,16). The van der Waals surface area contributed by atoms with Crippen LogP contribution >= 0.6 is 0 Å². The maximum Gasteiger partial charge on any atom is 0.323 e. The van der Waals surface area contributed by atoms with Gasteiger partial charge in [0.15, 0.2) is 0 Å². The van der Waals surface area contributed by atoms with Gasteiger partial charge in [0.2, 0.25) is 0 Å². The van der Waals surface area contributed by atoms with Gasteiger partial charge in [0.25, 0.3) is 0 Å². The molecule has 1 atom stereocenters. The van der Waals surface area contributed by atoms with E-state index in [9.17, 15) is 9.90 Å². The van der Waals surface area contributed by atoms with Crippen molar-refractivity contribution in [3.8, 4) is 0 Å². The van der Waals surface area contributed by atoms with Crippen LogP contribution in [0.25, 0.3) is 0 Å². The van der Waals surface area contributed by atoms with Crippen molar-refractivity contribution in [3.05, 3.63) is 0 Å². The van der Waals surface area contributed by atoms with E-state index in [-0.39, 0.29) is 6.04 Å². The summed E-state index contributed by atoms with van der Waals surface area (Å²) in [5.74, 6) is -0.0702. The molecule has 1 rings (SSSR count). The van der Waals surface area contributed by atoms with Crippen molar-refractivity contribution in [2.75, 3.05) is 13.2 Å². The highest BCUT2D eigenvalue weighted by atomic mass is 16.5. The molecule has 0 amide bonds. The van der Waals surface area contributed by atoms with Crippen molar-refractivity contribution < 1.29 is 14.6 Å². The Kier molecular flexibility index (Phi) is 5.40. The van der Waals surface area contributed by atoms with Crippen molar-refractivity contribution in [2.24, 2.45) is 5.92 Å². The molecule has 0 saturated heterocycles. The van der Waals surface area contributed by atoms with Crippen molar-refractivity contribution in [1.82, 2.24) is 5.32 Å². The zero-order chi connectivity index (χ0) is 12.9. The first-order valence-corrected chi connectivity index (χ1v) is 6.59. The minimum Gasteiger partial charge on any atom is -0.480 e. The smallest absolute Gasteiger partial charge is 0.323 e. The van der Waals surface area contributed by atoms with Gasteiger partial charge in [-0.1, -0.05) is 6.92 Å². The Morgan fingerprint density at radius 3 is 2.59 bits per heavy atom. The Bertz CT molecular complexity index is 247. The monoisotopic (exact) mass is 243 g/mol. The Morgan fingerprint density at radius 1 is 1.53 bits per heavy atom. The first-order chi connectivity index (χ1) is 8.00. The van der Waals surface area contributed by atoms with Crippen LogP contribution in [0.2, 0.25) is 0 Å². The maximum atomic E-state index is 11.5. The summed E-state index contributed by atoms with van der Waals surface area (Å²) in [6.45, 7) is 7.36. The normalized spacial score (nSPS) is 31.1. The number of carbonyl (C=O) groups is 1. The number of nitrogens with one attached hydrogen (secondary N) is 1. The molecule has 0 bridgehead atoms. The summed E-state index contributed by atoms with van der Waals surface area (Å²) in [5.41, 5.74) is -0.733. The van der Waals surface area contributed by atoms with Crippen LogP contribution in [0.3, 0.4) is 0 Å². The van der Waals surface area contributed by atoms with Crippen LogP contribution in [0.5, 0.6) is 0 Å². The lowest BCUT2D eigenvalue weighted by atomic mass is 9.77. The minimum absolute atomic E-state index is 0.0828. The molecule has 1 fully saturated rings. The molecular weight excluding hydrogens is 218 g/mol. The third-order valence-electron chi connectivity index (χ3n) is 3.63. The van der Waals surface area contributed by atoms with Gasteiger partial charge >= 0.3 is 5.97 Å². The summed E-state index contributed by atoms with van der Waals surface area (Å²) in [6.07, 6.45) is 3.42. The molecule has 0 aromatic carbocycles. The topological polar surface area (TPSA) is 58.6 Å². The third kappa shape index (κ3) is 3.96. The fraction of sp³-hybridized carbons (Fsp3) is 0.923. The molecule has 1 unspecified atom stereocenters. The highest BCUT2D eigenvalue weighted by Gasteiger charge is 2.41. The lowest BCUT2D eigenvalue weighted by Gasteiger charge is -2.38. The first-order valence-electron chi connectivity index (χ1n) is 6.59. The van der Waals surface area contributed by atoms with Gasteiger partial charge in [-0.05, 0) is 45.4 Å². The summed E-state index contributed by atoms with van der Waals surface area (Å²) in [5, 5.41) is 12.7. The predicted molar refractivity (Wildman–Crippen MR) is 67.1 cm³/mol. The molecule has 1 aliphatic rings. The molecule has 2 N–H and O–H groups in total. The highest BCUT2D eigenvalue weighted by molar-refractivity contribution is 5.79. The van der Waals surface area contributed by atoms with Crippen molar-refractivity contribution in [2.45, 2.75) is 58.0 Å². The van der Waals surface area contributed by atoms with E-state index in [2.05, 4.69) is 12.2 Å². The van der Waals surface area contributed by atoms with Crippen LogP contribution in [0.1, 0.15) is 46.5 Å². The molecule has 0 aromatic rings. The van der Waals surface area contributed by atoms with E-state index in [1.807, 2.05) is 13.8 Å². The minimum atomic E-state index is -0.733. The lowest BCUT2D eigenvalue weighted by molar-refractivity contribution is -0.147. The lowest BCUT2D eigenvalue weighted by Crippen LogP contribution is -2.57. The van der Waals surface area contributed by atoms with E-state index in [4.69, 9.17) is 4.74 Å². The summed E-state index contributed by atoms with van der Waals surface area (Å²) >= 11 is 0. The van der Waals surface area contributed by atoms with Gasteiger partial charge < -0.3 is 9.84 Å². The van der Waals surface area contributed by atoms with Crippen molar-refractivity contribution in [1.29, 1.82) is 0 Å². The van der Waals surface area contributed by atoms with Crippen LogP contribution in [0.15, 0.2) is 0 Å². The van der Waals surface area contributed by atoms with Crippen LogP contribution in [0.4, 0.5) is 0 Å². The predicted octanol–water partition coefficient (Wildman–Crippen LogP) is 2.03. The fourth-order valence-electron chi connectivity index (χ4n) is 2.48. The third-order valence-corrected chi connectivity index (χ3v) is 3.63. The zero-order valence-electron chi connectivity index (χ0n) is 11.2. The van der Waals surface area contributed by atoms with Gasteiger partial charge in [-0.3, -0.25) is 10.1 Å². The summed E-state index contributed by atoms with van der Waals surface area (Å²) in [4.78, 5) is 11.5. The fourth-order valence-corrected chi connectivity index (χ4v) is 2.48. The quantitative estimate of drug-likeness (QED) is 0.749. The second-order valence-corrected chi connectivity index (χ2v) is 5.27. The van der Waals surface area contributed by atoms with Crippen LogP contribution in [-0.2, 0) is 9.53 Å². The van der Waals surface area contributed by atoms with Crippen LogP contribution in [-0.4, -0.2) is 35.9 Å². The Labute approximate surface area is 104 Å². The van der Waals surface area contributed by atoms with Gasteiger partial charge in [0, 0.05) is 12.6 Å². The van der Waals surface area contributed by atoms with Crippen molar-refractivity contribution >= 4 is 5.97 Å². The number of rotatable bonds is 6. The Morgan fingerprint density at radius 2 is 2.12 bits per heavy atom. The molecule has 17 heavy (non-hydrogen) atoms. The number of carboxylic acid groups (broad SMARTS) is 1. The maximum absolute atomic E-state index is 11.5. The van der Waals surface area contributed by atoms with Crippen molar-refractivity contribution in [3.63, 3.8) is 0 Å². The number of hydrogen-bond donors (Lipinski definition) is 2. The molecule has 4 nitrogen and oxygen atoms in total. The second kappa shape index (κ2) is 6.36. The molecule has 0 spiro atoms. The van der Waals surface area contributed by atoms with E-state index in [0.29, 0.717) is 19.1 Å². The van der Waals surface area contributed by atoms with E-state index >= 15 is 0 Å². The largest absolute Gasteiger partial charge is 0.480 e. The molecule has 4 heteroatoms.